The van der Waals surface area contributed by atoms with Crippen LogP contribution in [0.2, 0.25) is 0 Å². The zero-order valence-corrected chi connectivity index (χ0v) is 11.3. The third-order valence-electron chi connectivity index (χ3n) is 3.13. The van der Waals surface area contributed by atoms with Crippen molar-refractivity contribution in [3.8, 4) is 0 Å². The number of benzene rings is 2. The molecule has 0 fully saturated rings. The van der Waals surface area contributed by atoms with Crippen LogP contribution in [0.4, 0.5) is 13.2 Å². The van der Waals surface area contributed by atoms with Crippen molar-refractivity contribution < 1.29 is 18.3 Å². The molecule has 2 aromatic rings. The van der Waals surface area contributed by atoms with Gasteiger partial charge in [0, 0.05) is 12.0 Å². The third kappa shape index (κ3) is 3.02. The summed E-state index contributed by atoms with van der Waals surface area (Å²) in [5.74, 6) is -4.14. The molecule has 0 spiro atoms. The van der Waals surface area contributed by atoms with Gasteiger partial charge >= 0.3 is 0 Å². The normalized spacial score (nSPS) is 12.5. The Morgan fingerprint density at radius 2 is 1.55 bits per heavy atom. The molecule has 0 saturated heterocycles. The first-order valence-electron chi connectivity index (χ1n) is 6.27. The highest BCUT2D eigenvalue weighted by Crippen LogP contribution is 2.25. The molecule has 0 bridgehead atoms. The van der Waals surface area contributed by atoms with Crippen LogP contribution in [0, 0.1) is 31.3 Å². The second kappa shape index (κ2) is 5.67. The molecule has 20 heavy (non-hydrogen) atoms. The van der Waals surface area contributed by atoms with E-state index in [2.05, 4.69) is 0 Å². The van der Waals surface area contributed by atoms with E-state index in [1.165, 1.54) is 0 Å². The quantitative estimate of drug-likeness (QED) is 0.843. The van der Waals surface area contributed by atoms with Crippen LogP contribution in [-0.4, -0.2) is 5.11 Å². The van der Waals surface area contributed by atoms with E-state index in [4.69, 9.17) is 0 Å². The number of halogens is 3. The maximum Gasteiger partial charge on any atom is 0.194 e. The monoisotopic (exact) mass is 280 g/mol. The predicted molar refractivity (Wildman–Crippen MR) is 70.9 cm³/mol. The Labute approximate surface area is 115 Å². The van der Waals surface area contributed by atoms with Crippen molar-refractivity contribution in [3.05, 3.63) is 70.0 Å². The van der Waals surface area contributed by atoms with E-state index in [1.54, 1.807) is 0 Å². The Balaban J connectivity index is 2.28. The van der Waals surface area contributed by atoms with Gasteiger partial charge in [-0.05, 0) is 25.5 Å². The minimum atomic E-state index is -1.55. The molecule has 4 heteroatoms. The molecule has 1 N–H and O–H groups in total. The molecule has 0 aliphatic rings. The highest BCUT2D eigenvalue weighted by atomic mass is 19.2. The minimum Gasteiger partial charge on any atom is -0.388 e. The van der Waals surface area contributed by atoms with Crippen molar-refractivity contribution in [1.29, 1.82) is 0 Å². The van der Waals surface area contributed by atoms with E-state index < -0.39 is 23.6 Å². The number of aliphatic hydroxyl groups is 1. The second-order valence-corrected chi connectivity index (χ2v) is 4.98. The van der Waals surface area contributed by atoms with Gasteiger partial charge in [-0.15, -0.1) is 0 Å². The van der Waals surface area contributed by atoms with Crippen LogP contribution in [0.15, 0.2) is 30.3 Å². The second-order valence-electron chi connectivity index (χ2n) is 4.98. The summed E-state index contributed by atoms with van der Waals surface area (Å²) in [7, 11) is 0. The van der Waals surface area contributed by atoms with Crippen LogP contribution in [0.1, 0.15) is 28.4 Å². The van der Waals surface area contributed by atoms with Gasteiger partial charge in [-0.25, -0.2) is 13.2 Å². The lowest BCUT2D eigenvalue weighted by Crippen LogP contribution is -2.07. The first-order valence-corrected chi connectivity index (χ1v) is 6.27. The maximum atomic E-state index is 13.6. The summed E-state index contributed by atoms with van der Waals surface area (Å²) in [4.78, 5) is 0. The van der Waals surface area contributed by atoms with Gasteiger partial charge in [0.15, 0.2) is 17.5 Å². The van der Waals surface area contributed by atoms with Gasteiger partial charge in [-0.2, -0.15) is 0 Å². The summed E-state index contributed by atoms with van der Waals surface area (Å²) in [5.41, 5.74) is 2.64. The number of hydrogen-bond donors (Lipinski definition) is 1. The van der Waals surface area contributed by atoms with E-state index in [0.717, 1.165) is 28.8 Å². The minimum absolute atomic E-state index is 0.143. The lowest BCUT2D eigenvalue weighted by Gasteiger charge is -2.13. The van der Waals surface area contributed by atoms with E-state index in [9.17, 15) is 18.3 Å². The smallest absolute Gasteiger partial charge is 0.194 e. The summed E-state index contributed by atoms with van der Waals surface area (Å²) in [6.45, 7) is 3.84. The van der Waals surface area contributed by atoms with E-state index in [-0.39, 0.29) is 12.0 Å². The molecule has 0 aliphatic heterocycles. The van der Waals surface area contributed by atoms with E-state index in [1.807, 2.05) is 32.0 Å². The van der Waals surface area contributed by atoms with Crippen LogP contribution in [-0.2, 0) is 6.42 Å². The van der Waals surface area contributed by atoms with E-state index in [0.29, 0.717) is 0 Å². The molecule has 0 radical (unpaired) electrons. The lowest BCUT2D eigenvalue weighted by atomic mass is 9.98. The van der Waals surface area contributed by atoms with Gasteiger partial charge in [-0.1, -0.05) is 35.4 Å². The Hall–Kier alpha value is -1.81. The molecule has 0 amide bonds. The lowest BCUT2D eigenvalue weighted by molar-refractivity contribution is 0.172. The fraction of sp³-hybridized carbons (Fsp3) is 0.250. The van der Waals surface area contributed by atoms with Crippen molar-refractivity contribution in [1.82, 2.24) is 0 Å². The van der Waals surface area contributed by atoms with Crippen molar-refractivity contribution in [2.45, 2.75) is 26.4 Å². The van der Waals surface area contributed by atoms with Crippen LogP contribution in [0.5, 0.6) is 0 Å². The van der Waals surface area contributed by atoms with Crippen LogP contribution in [0.3, 0.4) is 0 Å². The Morgan fingerprint density at radius 1 is 0.950 bits per heavy atom. The number of aryl methyl sites for hydroxylation is 2. The highest BCUT2D eigenvalue weighted by molar-refractivity contribution is 5.31. The summed E-state index contributed by atoms with van der Waals surface area (Å²) in [5, 5.41) is 10.0. The zero-order chi connectivity index (χ0) is 14.9. The molecule has 0 heterocycles. The maximum absolute atomic E-state index is 13.6. The fourth-order valence-electron chi connectivity index (χ4n) is 2.32. The van der Waals surface area contributed by atoms with Gasteiger partial charge in [0.05, 0.1) is 6.10 Å². The number of rotatable bonds is 3. The molecular formula is C16H15F3O. The van der Waals surface area contributed by atoms with E-state index >= 15 is 0 Å². The molecular weight excluding hydrogens is 265 g/mol. The van der Waals surface area contributed by atoms with Crippen LogP contribution >= 0.6 is 0 Å². The number of hydrogen-bond acceptors (Lipinski definition) is 1. The predicted octanol–water partition coefficient (Wildman–Crippen LogP) is 4.00. The summed E-state index contributed by atoms with van der Waals surface area (Å²) in [6, 6.07) is 7.61. The largest absolute Gasteiger partial charge is 0.388 e. The summed E-state index contributed by atoms with van der Waals surface area (Å²) in [6.07, 6.45) is -1.07. The van der Waals surface area contributed by atoms with Crippen molar-refractivity contribution in [2.75, 3.05) is 0 Å². The molecule has 2 rings (SSSR count). The van der Waals surface area contributed by atoms with Crippen molar-refractivity contribution >= 4 is 0 Å². The van der Waals surface area contributed by atoms with Crippen molar-refractivity contribution in [2.24, 2.45) is 0 Å². The zero-order valence-electron chi connectivity index (χ0n) is 11.3. The summed E-state index contributed by atoms with van der Waals surface area (Å²) >= 11 is 0. The van der Waals surface area contributed by atoms with Crippen LogP contribution < -0.4 is 0 Å². The molecule has 106 valence electrons. The topological polar surface area (TPSA) is 20.2 Å². The van der Waals surface area contributed by atoms with Crippen LogP contribution in [0.25, 0.3) is 0 Å². The third-order valence-corrected chi connectivity index (χ3v) is 3.13. The van der Waals surface area contributed by atoms with Gasteiger partial charge in [0.1, 0.15) is 0 Å². The SMILES string of the molecule is Cc1cc(C)cc(CC(O)c2ccc(F)c(F)c2F)c1. The highest BCUT2D eigenvalue weighted by Gasteiger charge is 2.19. The first kappa shape index (κ1) is 14.6. The average molecular weight is 280 g/mol. The Kier molecular flexibility index (Phi) is 4.14. The number of aliphatic hydroxyl groups excluding tert-OH is 1. The Bertz CT molecular complexity index is 618. The standard InChI is InChI=1S/C16H15F3O/c1-9-5-10(2)7-11(6-9)8-14(20)12-3-4-13(17)16(19)15(12)18/h3-7,14,20H,8H2,1-2H3. The molecule has 1 atom stereocenters. The molecule has 0 aromatic heterocycles. The van der Waals surface area contributed by atoms with Gasteiger partial charge < -0.3 is 5.11 Å². The van der Waals surface area contributed by atoms with Gasteiger partial charge in [0.2, 0.25) is 0 Å². The molecule has 0 aliphatic carbocycles. The average Bonchev–Trinajstić information content (AvgIpc) is 2.34. The molecule has 2 aromatic carbocycles. The van der Waals surface area contributed by atoms with Gasteiger partial charge in [0.25, 0.3) is 0 Å². The first-order chi connectivity index (χ1) is 9.38. The van der Waals surface area contributed by atoms with Gasteiger partial charge in [-0.3, -0.25) is 0 Å². The molecule has 0 saturated carbocycles. The van der Waals surface area contributed by atoms with Crippen molar-refractivity contribution in [3.63, 3.8) is 0 Å². The molecule has 1 nitrogen and oxygen atoms in total. The Morgan fingerprint density at radius 3 is 2.15 bits per heavy atom. The summed E-state index contributed by atoms with van der Waals surface area (Å²) < 4.78 is 39.6. The fourth-order valence-corrected chi connectivity index (χ4v) is 2.32. The molecule has 1 unspecified atom stereocenters.